The Hall–Kier alpha value is -2.17. The molecular formula is C9H7N5. The number of hydrogen-bond acceptors (Lipinski definition) is 4. The molecule has 3 aromatic rings. The van der Waals surface area contributed by atoms with Gasteiger partial charge in [-0.15, -0.1) is 0 Å². The number of nitrogens with two attached hydrogens (primary N) is 1. The predicted molar refractivity (Wildman–Crippen MR) is 52.7 cm³/mol. The molecule has 68 valence electrons. The van der Waals surface area contributed by atoms with Crippen molar-refractivity contribution in [3.05, 3.63) is 30.9 Å². The molecule has 0 aliphatic rings. The summed E-state index contributed by atoms with van der Waals surface area (Å²) in [6, 6.07) is 3.79. The van der Waals surface area contributed by atoms with Gasteiger partial charge >= 0.3 is 0 Å². The molecule has 5 nitrogen and oxygen atoms in total. The van der Waals surface area contributed by atoms with E-state index in [4.69, 9.17) is 5.73 Å². The number of nitrogen functional groups attached to an aromatic ring is 1. The van der Waals surface area contributed by atoms with E-state index in [1.807, 2.05) is 16.5 Å². The first-order valence-corrected chi connectivity index (χ1v) is 4.18. The van der Waals surface area contributed by atoms with Gasteiger partial charge in [-0.3, -0.25) is 4.40 Å². The maximum atomic E-state index is 5.75. The molecule has 3 aromatic heterocycles. The van der Waals surface area contributed by atoms with Crippen molar-refractivity contribution in [2.75, 3.05) is 5.73 Å². The SMILES string of the molecule is Nc1nc2ncccc2n2cncc12. The number of rotatable bonds is 0. The Labute approximate surface area is 79.2 Å². The zero-order valence-electron chi connectivity index (χ0n) is 7.25. The Morgan fingerprint density at radius 3 is 3.14 bits per heavy atom. The van der Waals surface area contributed by atoms with Crippen LogP contribution in [0.2, 0.25) is 0 Å². The van der Waals surface area contributed by atoms with Gasteiger partial charge in [-0.25, -0.2) is 15.0 Å². The summed E-state index contributed by atoms with van der Waals surface area (Å²) in [5, 5.41) is 0. The molecule has 5 heteroatoms. The van der Waals surface area contributed by atoms with Crippen LogP contribution < -0.4 is 5.73 Å². The van der Waals surface area contributed by atoms with Crippen molar-refractivity contribution < 1.29 is 0 Å². The van der Waals surface area contributed by atoms with E-state index in [1.54, 1.807) is 18.7 Å². The highest BCUT2D eigenvalue weighted by molar-refractivity contribution is 5.80. The van der Waals surface area contributed by atoms with Crippen molar-refractivity contribution in [1.29, 1.82) is 0 Å². The lowest BCUT2D eigenvalue weighted by molar-refractivity contribution is 1.17. The van der Waals surface area contributed by atoms with Crippen LogP contribution in [0.15, 0.2) is 30.9 Å². The minimum atomic E-state index is 0.453. The molecule has 0 saturated carbocycles. The fraction of sp³-hybridized carbons (Fsp3) is 0. The minimum Gasteiger partial charge on any atom is -0.382 e. The van der Waals surface area contributed by atoms with Crippen LogP contribution in [0.4, 0.5) is 5.82 Å². The van der Waals surface area contributed by atoms with Crippen LogP contribution in [-0.4, -0.2) is 19.4 Å². The van der Waals surface area contributed by atoms with Crippen molar-refractivity contribution in [2.45, 2.75) is 0 Å². The lowest BCUT2D eigenvalue weighted by Crippen LogP contribution is -1.98. The number of anilines is 1. The second-order valence-electron chi connectivity index (χ2n) is 2.99. The van der Waals surface area contributed by atoms with E-state index < -0.39 is 0 Å². The number of nitrogens with zero attached hydrogens (tertiary/aromatic N) is 4. The largest absolute Gasteiger partial charge is 0.382 e. The van der Waals surface area contributed by atoms with Crippen LogP contribution in [0.3, 0.4) is 0 Å². The van der Waals surface area contributed by atoms with E-state index in [0.29, 0.717) is 11.5 Å². The highest BCUT2D eigenvalue weighted by Crippen LogP contribution is 2.16. The Bertz CT molecular complexity index is 613. The van der Waals surface area contributed by atoms with Gasteiger partial charge in [0.15, 0.2) is 11.5 Å². The van der Waals surface area contributed by atoms with Gasteiger partial charge in [-0.05, 0) is 12.1 Å². The molecule has 0 saturated heterocycles. The quantitative estimate of drug-likeness (QED) is 0.564. The third kappa shape index (κ3) is 0.806. The van der Waals surface area contributed by atoms with Crippen molar-refractivity contribution >= 4 is 22.5 Å². The molecule has 0 bridgehead atoms. The third-order valence-electron chi connectivity index (χ3n) is 2.15. The van der Waals surface area contributed by atoms with E-state index in [2.05, 4.69) is 15.0 Å². The van der Waals surface area contributed by atoms with Crippen LogP contribution in [0, 0.1) is 0 Å². The standard InChI is InChI=1S/C9H7N5/c10-8-7-4-11-5-14(7)6-2-1-3-12-9(6)13-8/h1-5H,(H2,10,12,13). The van der Waals surface area contributed by atoms with Crippen LogP contribution in [-0.2, 0) is 0 Å². The summed E-state index contributed by atoms with van der Waals surface area (Å²) in [4.78, 5) is 12.3. The van der Waals surface area contributed by atoms with Gasteiger partial charge in [0.25, 0.3) is 0 Å². The van der Waals surface area contributed by atoms with E-state index in [-0.39, 0.29) is 0 Å². The smallest absolute Gasteiger partial charge is 0.178 e. The predicted octanol–water partition coefficient (Wildman–Crippen LogP) is 0.860. The van der Waals surface area contributed by atoms with E-state index in [0.717, 1.165) is 11.0 Å². The zero-order chi connectivity index (χ0) is 9.54. The second kappa shape index (κ2) is 2.41. The maximum absolute atomic E-state index is 5.75. The first kappa shape index (κ1) is 7.25. The van der Waals surface area contributed by atoms with Gasteiger partial charge in [0, 0.05) is 6.20 Å². The van der Waals surface area contributed by atoms with Crippen LogP contribution in [0.25, 0.3) is 16.7 Å². The number of hydrogen-bond donors (Lipinski definition) is 1. The van der Waals surface area contributed by atoms with Gasteiger partial charge in [0.1, 0.15) is 5.52 Å². The number of imidazole rings is 1. The Morgan fingerprint density at radius 2 is 2.21 bits per heavy atom. The van der Waals surface area contributed by atoms with Crippen LogP contribution in [0.5, 0.6) is 0 Å². The summed E-state index contributed by atoms with van der Waals surface area (Å²) in [7, 11) is 0. The van der Waals surface area contributed by atoms with Crippen LogP contribution in [0.1, 0.15) is 0 Å². The van der Waals surface area contributed by atoms with Gasteiger partial charge < -0.3 is 5.73 Å². The fourth-order valence-corrected chi connectivity index (χ4v) is 1.51. The topological polar surface area (TPSA) is 69.1 Å². The molecule has 0 radical (unpaired) electrons. The molecule has 0 atom stereocenters. The molecule has 0 aromatic carbocycles. The lowest BCUT2D eigenvalue weighted by atomic mass is 10.4. The molecule has 0 spiro atoms. The summed E-state index contributed by atoms with van der Waals surface area (Å²) in [6.07, 6.45) is 5.09. The van der Waals surface area contributed by atoms with E-state index in [9.17, 15) is 0 Å². The van der Waals surface area contributed by atoms with Gasteiger partial charge in [-0.2, -0.15) is 0 Å². The van der Waals surface area contributed by atoms with Crippen molar-refractivity contribution in [2.24, 2.45) is 0 Å². The summed E-state index contributed by atoms with van der Waals surface area (Å²) >= 11 is 0. The molecule has 3 rings (SSSR count). The van der Waals surface area contributed by atoms with Crippen molar-refractivity contribution in [1.82, 2.24) is 19.4 Å². The molecule has 0 aliphatic carbocycles. The number of aromatic nitrogens is 4. The fourth-order valence-electron chi connectivity index (χ4n) is 1.51. The average Bonchev–Trinajstić information content (AvgIpc) is 2.67. The average molecular weight is 185 g/mol. The third-order valence-corrected chi connectivity index (χ3v) is 2.15. The normalized spacial score (nSPS) is 11.1. The zero-order valence-corrected chi connectivity index (χ0v) is 7.25. The molecule has 3 heterocycles. The molecule has 0 aliphatic heterocycles. The highest BCUT2D eigenvalue weighted by atomic mass is 15.1. The molecular weight excluding hydrogens is 178 g/mol. The summed E-state index contributed by atoms with van der Waals surface area (Å²) in [5.41, 5.74) is 8.11. The highest BCUT2D eigenvalue weighted by Gasteiger charge is 2.05. The lowest BCUT2D eigenvalue weighted by Gasteiger charge is -2.02. The Kier molecular flexibility index (Phi) is 1.25. The maximum Gasteiger partial charge on any atom is 0.178 e. The van der Waals surface area contributed by atoms with Gasteiger partial charge in [0.2, 0.25) is 0 Å². The van der Waals surface area contributed by atoms with Gasteiger partial charge in [-0.1, -0.05) is 0 Å². The van der Waals surface area contributed by atoms with E-state index >= 15 is 0 Å². The van der Waals surface area contributed by atoms with Crippen LogP contribution >= 0.6 is 0 Å². The molecule has 2 N–H and O–H groups in total. The first-order valence-electron chi connectivity index (χ1n) is 4.18. The Balaban J connectivity index is 2.66. The molecule has 0 unspecified atom stereocenters. The molecule has 14 heavy (non-hydrogen) atoms. The summed E-state index contributed by atoms with van der Waals surface area (Å²) in [6.45, 7) is 0. The monoisotopic (exact) mass is 185 g/mol. The summed E-state index contributed by atoms with van der Waals surface area (Å²) < 4.78 is 1.88. The summed E-state index contributed by atoms with van der Waals surface area (Å²) in [5.74, 6) is 0.453. The molecule has 0 fully saturated rings. The second-order valence-corrected chi connectivity index (χ2v) is 2.99. The first-order chi connectivity index (χ1) is 6.86. The number of fused-ring (bicyclic) bond motifs is 3. The van der Waals surface area contributed by atoms with Gasteiger partial charge in [0.05, 0.1) is 18.0 Å². The van der Waals surface area contributed by atoms with Crippen molar-refractivity contribution in [3.8, 4) is 0 Å². The Morgan fingerprint density at radius 1 is 1.29 bits per heavy atom. The van der Waals surface area contributed by atoms with E-state index in [1.165, 1.54) is 0 Å². The molecule has 0 amide bonds. The minimum absolute atomic E-state index is 0.453. The van der Waals surface area contributed by atoms with Crippen molar-refractivity contribution in [3.63, 3.8) is 0 Å². The number of pyridine rings is 1.